The Bertz CT molecular complexity index is 628. The van der Waals surface area contributed by atoms with Crippen LogP contribution in [0.15, 0.2) is 11.6 Å². The molecule has 6 aliphatic rings. The van der Waals surface area contributed by atoms with Crippen molar-refractivity contribution in [1.82, 2.24) is 0 Å². The molecule has 0 spiro atoms. The summed E-state index contributed by atoms with van der Waals surface area (Å²) in [6, 6.07) is 0. The Morgan fingerprint density at radius 3 is 2.54 bits per heavy atom. The van der Waals surface area contributed by atoms with Crippen molar-refractivity contribution >= 4 is 0 Å². The highest BCUT2D eigenvalue weighted by atomic mass is 14.7. The van der Waals surface area contributed by atoms with E-state index in [1.165, 1.54) is 25.7 Å². The molecule has 6 rings (SSSR count). The molecule has 0 radical (unpaired) electrons. The van der Waals surface area contributed by atoms with Crippen LogP contribution < -0.4 is 0 Å². The van der Waals surface area contributed by atoms with E-state index in [0.717, 1.165) is 65.1 Å². The lowest BCUT2D eigenvalue weighted by Crippen LogP contribution is -2.53. The van der Waals surface area contributed by atoms with Gasteiger partial charge in [0.25, 0.3) is 0 Å². The molecule has 0 aromatic rings. The highest BCUT2D eigenvalue weighted by Crippen LogP contribution is 2.74. The molecule has 0 nitrogen and oxygen atoms in total. The Labute approximate surface area is 161 Å². The van der Waals surface area contributed by atoms with Crippen LogP contribution in [-0.2, 0) is 0 Å². The molecule has 0 heteroatoms. The van der Waals surface area contributed by atoms with Gasteiger partial charge in [0.05, 0.1) is 0 Å². The van der Waals surface area contributed by atoms with Crippen molar-refractivity contribution < 1.29 is 0 Å². The molecule has 0 N–H and O–H groups in total. The van der Waals surface area contributed by atoms with Crippen molar-refractivity contribution in [3.05, 3.63) is 11.6 Å². The molecule has 26 heavy (non-hydrogen) atoms. The van der Waals surface area contributed by atoms with Crippen LogP contribution in [0.25, 0.3) is 0 Å². The second kappa shape index (κ2) is 5.42. The first-order valence-corrected chi connectivity index (χ1v) is 12.2. The zero-order valence-corrected chi connectivity index (χ0v) is 17.6. The summed E-state index contributed by atoms with van der Waals surface area (Å²) in [6.45, 7) is 10.1. The summed E-state index contributed by atoms with van der Waals surface area (Å²) in [5.41, 5.74) is 2.56. The largest absolute Gasteiger partial charge is 0.0811 e. The Hall–Kier alpha value is -0.260. The molecule has 0 aliphatic heterocycles. The van der Waals surface area contributed by atoms with E-state index in [4.69, 9.17) is 0 Å². The standard InChI is InChI=1S/C26H40/c1-5-26(4)10-6-7-18-22(26)12-15-11-20-21-13-19(14(2)3)16-8-9-17(16)24(21)25(18)23(15)20/h13-18,20-25H,5-12H2,1-4H3. The highest BCUT2D eigenvalue weighted by Gasteiger charge is 2.68. The average Bonchev–Trinajstić information content (AvgIpc) is 2.84. The van der Waals surface area contributed by atoms with Gasteiger partial charge in [-0.25, -0.2) is 0 Å². The van der Waals surface area contributed by atoms with Crippen molar-refractivity contribution in [3.63, 3.8) is 0 Å². The molecular weight excluding hydrogens is 312 g/mol. The second-order valence-corrected chi connectivity index (χ2v) is 12.0. The topological polar surface area (TPSA) is 0 Å². The first kappa shape index (κ1) is 16.7. The summed E-state index contributed by atoms with van der Waals surface area (Å²) in [7, 11) is 0. The van der Waals surface area contributed by atoms with Gasteiger partial charge >= 0.3 is 0 Å². The van der Waals surface area contributed by atoms with E-state index in [0.29, 0.717) is 5.41 Å². The van der Waals surface area contributed by atoms with Gasteiger partial charge in [0.15, 0.2) is 0 Å². The first-order valence-electron chi connectivity index (χ1n) is 12.2. The molecule has 11 unspecified atom stereocenters. The fraction of sp³-hybridized carbons (Fsp3) is 0.923. The zero-order valence-electron chi connectivity index (χ0n) is 17.6. The number of rotatable bonds is 2. The Morgan fingerprint density at radius 1 is 1.00 bits per heavy atom. The van der Waals surface area contributed by atoms with Crippen molar-refractivity contribution in [1.29, 1.82) is 0 Å². The lowest BCUT2D eigenvalue weighted by molar-refractivity contribution is -0.115. The van der Waals surface area contributed by atoms with Crippen LogP contribution in [-0.4, -0.2) is 0 Å². The monoisotopic (exact) mass is 352 g/mol. The molecular formula is C26H40. The molecule has 6 aliphatic carbocycles. The summed E-state index contributed by atoms with van der Waals surface area (Å²) in [4.78, 5) is 0. The van der Waals surface area contributed by atoms with Gasteiger partial charge in [-0.05, 0) is 109 Å². The summed E-state index contributed by atoms with van der Waals surface area (Å²) < 4.78 is 0. The maximum atomic E-state index is 2.89. The minimum Gasteiger partial charge on any atom is -0.0811 e. The van der Waals surface area contributed by atoms with Crippen molar-refractivity contribution in [2.75, 3.05) is 0 Å². The lowest BCUT2D eigenvalue weighted by atomic mass is 9.44. The molecule has 0 aromatic carbocycles. The lowest BCUT2D eigenvalue weighted by Gasteiger charge is -2.60. The molecule has 5 saturated carbocycles. The number of hydrogen-bond donors (Lipinski definition) is 0. The van der Waals surface area contributed by atoms with E-state index in [1.54, 1.807) is 25.7 Å². The van der Waals surface area contributed by atoms with E-state index in [9.17, 15) is 0 Å². The van der Waals surface area contributed by atoms with Gasteiger partial charge in [0.1, 0.15) is 0 Å². The molecule has 0 amide bonds. The summed E-state index contributed by atoms with van der Waals surface area (Å²) in [6.07, 6.45) is 15.3. The predicted molar refractivity (Wildman–Crippen MR) is 109 cm³/mol. The smallest absolute Gasteiger partial charge is 0.0165 e. The van der Waals surface area contributed by atoms with Crippen LogP contribution in [0.2, 0.25) is 0 Å². The predicted octanol–water partition coefficient (Wildman–Crippen LogP) is 6.96. The summed E-state index contributed by atoms with van der Waals surface area (Å²) in [5, 5.41) is 0. The van der Waals surface area contributed by atoms with E-state index in [2.05, 4.69) is 33.8 Å². The average molecular weight is 353 g/mol. The molecule has 11 atom stereocenters. The van der Waals surface area contributed by atoms with Crippen LogP contribution >= 0.6 is 0 Å². The zero-order chi connectivity index (χ0) is 17.8. The van der Waals surface area contributed by atoms with E-state index < -0.39 is 0 Å². The minimum absolute atomic E-state index is 0.670. The van der Waals surface area contributed by atoms with Gasteiger partial charge in [0, 0.05) is 0 Å². The third-order valence-electron chi connectivity index (χ3n) is 11.3. The maximum absolute atomic E-state index is 2.89. The molecule has 0 saturated heterocycles. The Balaban J connectivity index is 1.40. The SMILES string of the molecule is CCC1(C)CCCC2C3C4C(CC4C4C=C(C(C)C)C5CCC5C43)CC21. The normalized spacial score (nSPS) is 59.3. The molecule has 144 valence electrons. The second-order valence-electron chi connectivity index (χ2n) is 12.0. The fourth-order valence-electron chi connectivity index (χ4n) is 9.96. The Kier molecular flexibility index (Phi) is 3.47. The Morgan fingerprint density at radius 2 is 1.85 bits per heavy atom. The highest BCUT2D eigenvalue weighted by molar-refractivity contribution is 5.28. The quantitative estimate of drug-likeness (QED) is 0.471. The number of fused-ring (bicyclic) bond motifs is 7. The van der Waals surface area contributed by atoms with Gasteiger partial charge in [-0.1, -0.05) is 52.2 Å². The van der Waals surface area contributed by atoms with Gasteiger partial charge in [0.2, 0.25) is 0 Å². The van der Waals surface area contributed by atoms with Crippen LogP contribution in [0.4, 0.5) is 0 Å². The van der Waals surface area contributed by atoms with E-state index in [-0.39, 0.29) is 0 Å². The third-order valence-corrected chi connectivity index (χ3v) is 11.3. The van der Waals surface area contributed by atoms with E-state index in [1.807, 2.05) is 5.57 Å². The molecule has 0 bridgehead atoms. The van der Waals surface area contributed by atoms with Gasteiger partial charge in [-0.15, -0.1) is 0 Å². The maximum Gasteiger partial charge on any atom is -0.0165 e. The molecule has 0 heterocycles. The van der Waals surface area contributed by atoms with Gasteiger partial charge in [-0.3, -0.25) is 0 Å². The number of hydrogen-bond acceptors (Lipinski definition) is 0. The third kappa shape index (κ3) is 1.88. The van der Waals surface area contributed by atoms with Gasteiger partial charge in [-0.2, -0.15) is 0 Å². The molecule has 0 aromatic heterocycles. The minimum atomic E-state index is 0.670. The molecule has 5 fully saturated rings. The van der Waals surface area contributed by atoms with Crippen LogP contribution in [0, 0.1) is 70.5 Å². The van der Waals surface area contributed by atoms with Crippen molar-refractivity contribution in [2.24, 2.45) is 70.5 Å². The van der Waals surface area contributed by atoms with Crippen molar-refractivity contribution in [3.8, 4) is 0 Å². The summed E-state index contributed by atoms with van der Waals surface area (Å²) in [5.74, 6) is 11.6. The van der Waals surface area contributed by atoms with Crippen LogP contribution in [0.1, 0.15) is 79.1 Å². The van der Waals surface area contributed by atoms with Crippen LogP contribution in [0.3, 0.4) is 0 Å². The first-order chi connectivity index (χ1) is 12.5. The van der Waals surface area contributed by atoms with E-state index >= 15 is 0 Å². The number of allylic oxidation sites excluding steroid dienone is 2. The fourth-order valence-corrected chi connectivity index (χ4v) is 9.96. The summed E-state index contributed by atoms with van der Waals surface area (Å²) >= 11 is 0. The van der Waals surface area contributed by atoms with Gasteiger partial charge < -0.3 is 0 Å². The van der Waals surface area contributed by atoms with Crippen LogP contribution in [0.5, 0.6) is 0 Å². The van der Waals surface area contributed by atoms with Crippen molar-refractivity contribution in [2.45, 2.75) is 79.1 Å².